The molecule has 1 unspecified atom stereocenters. The normalized spacial score (nSPS) is 21.3. The number of carbonyl (C=O) groups excluding carboxylic acids is 1. The van der Waals surface area contributed by atoms with E-state index in [-0.39, 0.29) is 24.0 Å². The molecule has 0 spiro atoms. The fourth-order valence-corrected chi connectivity index (χ4v) is 3.58. The minimum Gasteiger partial charge on any atom is -0.393 e. The van der Waals surface area contributed by atoms with Crippen molar-refractivity contribution in [3.8, 4) is 0 Å². The molecule has 1 aliphatic carbocycles. The summed E-state index contributed by atoms with van der Waals surface area (Å²) < 4.78 is 0. The predicted octanol–water partition coefficient (Wildman–Crippen LogP) is 2.21. The van der Waals surface area contributed by atoms with Crippen LogP contribution in [0.4, 0.5) is 5.95 Å². The van der Waals surface area contributed by atoms with Crippen LogP contribution in [0.25, 0.3) is 0 Å². The van der Waals surface area contributed by atoms with Gasteiger partial charge in [-0.1, -0.05) is 6.07 Å². The molecule has 2 aromatic rings. The minimum absolute atomic E-state index is 0.0701. The molecule has 1 amide bonds. The van der Waals surface area contributed by atoms with E-state index in [4.69, 9.17) is 0 Å². The second-order valence-corrected chi connectivity index (χ2v) is 6.66. The fourth-order valence-electron chi connectivity index (χ4n) is 2.71. The molecular weight excluding hydrogens is 312 g/mol. The molecule has 1 atom stereocenters. The van der Waals surface area contributed by atoms with Gasteiger partial charge in [0.2, 0.25) is 5.95 Å². The summed E-state index contributed by atoms with van der Waals surface area (Å²) in [5.74, 6) is 0.600. The number of thiophene rings is 1. The average Bonchev–Trinajstić information content (AvgIpc) is 3.05. The topological polar surface area (TPSA) is 87.1 Å². The van der Waals surface area contributed by atoms with E-state index in [9.17, 15) is 9.90 Å². The Balaban J connectivity index is 1.70. The lowest BCUT2D eigenvalue weighted by molar-refractivity contribution is 0.0241. The number of carbonyl (C=O) groups is 1. The van der Waals surface area contributed by atoms with Crippen LogP contribution in [0.15, 0.2) is 29.9 Å². The molecule has 122 valence electrons. The summed E-state index contributed by atoms with van der Waals surface area (Å²) in [5.41, 5.74) is 0.438. The largest absolute Gasteiger partial charge is 0.393 e. The number of nitrogens with one attached hydrogen (secondary N) is 2. The Labute approximate surface area is 139 Å². The fraction of sp³-hybridized carbons (Fsp3) is 0.438. The summed E-state index contributed by atoms with van der Waals surface area (Å²) in [6, 6.07) is 3.92. The van der Waals surface area contributed by atoms with Gasteiger partial charge in [-0.15, -0.1) is 11.3 Å². The van der Waals surface area contributed by atoms with Crippen molar-refractivity contribution in [1.82, 2.24) is 15.3 Å². The highest BCUT2D eigenvalue weighted by atomic mass is 32.1. The molecule has 0 bridgehead atoms. The summed E-state index contributed by atoms with van der Waals surface area (Å²) in [7, 11) is 0. The lowest BCUT2D eigenvalue weighted by Gasteiger charge is -2.37. The Morgan fingerprint density at radius 3 is 2.74 bits per heavy atom. The van der Waals surface area contributed by atoms with Crippen LogP contribution in [0.5, 0.6) is 0 Å². The van der Waals surface area contributed by atoms with Gasteiger partial charge in [-0.2, -0.15) is 0 Å². The molecule has 2 heterocycles. The first-order chi connectivity index (χ1) is 11.2. The molecule has 0 aromatic carbocycles. The van der Waals surface area contributed by atoms with E-state index in [0.717, 1.165) is 24.3 Å². The van der Waals surface area contributed by atoms with Crippen molar-refractivity contribution in [2.45, 2.75) is 31.9 Å². The van der Waals surface area contributed by atoms with Crippen molar-refractivity contribution < 1.29 is 9.90 Å². The number of aliphatic hydroxyl groups excluding tert-OH is 1. The van der Waals surface area contributed by atoms with Crippen LogP contribution in [-0.4, -0.2) is 33.6 Å². The number of aromatic nitrogens is 2. The zero-order valence-electron chi connectivity index (χ0n) is 12.9. The van der Waals surface area contributed by atoms with Crippen molar-refractivity contribution in [3.05, 3.63) is 40.3 Å². The summed E-state index contributed by atoms with van der Waals surface area (Å²) in [4.78, 5) is 21.8. The lowest BCUT2D eigenvalue weighted by Crippen LogP contribution is -2.41. The number of hydrogen-bond donors (Lipinski definition) is 3. The molecule has 6 nitrogen and oxygen atoms in total. The maximum absolute atomic E-state index is 12.5. The van der Waals surface area contributed by atoms with E-state index in [1.54, 1.807) is 11.3 Å². The highest BCUT2D eigenvalue weighted by Gasteiger charge is 2.36. The van der Waals surface area contributed by atoms with Gasteiger partial charge in [0.25, 0.3) is 5.91 Å². The van der Waals surface area contributed by atoms with Crippen molar-refractivity contribution in [2.24, 2.45) is 5.92 Å². The van der Waals surface area contributed by atoms with E-state index < -0.39 is 0 Å². The van der Waals surface area contributed by atoms with E-state index in [0.29, 0.717) is 11.5 Å². The Hall–Kier alpha value is -1.99. The number of rotatable bonds is 6. The van der Waals surface area contributed by atoms with Gasteiger partial charge in [-0.05, 0) is 37.1 Å². The number of anilines is 1. The first-order valence-corrected chi connectivity index (χ1v) is 8.63. The van der Waals surface area contributed by atoms with Crippen LogP contribution < -0.4 is 10.6 Å². The van der Waals surface area contributed by atoms with Gasteiger partial charge >= 0.3 is 0 Å². The predicted molar refractivity (Wildman–Crippen MR) is 89.5 cm³/mol. The van der Waals surface area contributed by atoms with Crippen LogP contribution >= 0.6 is 11.3 Å². The smallest absolute Gasteiger partial charge is 0.254 e. The van der Waals surface area contributed by atoms with Gasteiger partial charge in [0.15, 0.2) is 0 Å². The van der Waals surface area contributed by atoms with Crippen LogP contribution in [0.1, 0.15) is 41.0 Å². The van der Waals surface area contributed by atoms with Gasteiger partial charge in [-0.3, -0.25) is 4.79 Å². The SMILES string of the molecule is CCNc1ncc(C(=O)NC(c2cccs2)C2CC(O)C2)cn1. The van der Waals surface area contributed by atoms with Crippen LogP contribution in [-0.2, 0) is 0 Å². The molecule has 2 aromatic heterocycles. The monoisotopic (exact) mass is 332 g/mol. The van der Waals surface area contributed by atoms with Crippen molar-refractivity contribution in [3.63, 3.8) is 0 Å². The zero-order valence-corrected chi connectivity index (χ0v) is 13.7. The first kappa shape index (κ1) is 15.9. The summed E-state index contributed by atoms with van der Waals surface area (Å²) in [5, 5.41) is 17.6. The molecule has 0 saturated heterocycles. The third-order valence-corrected chi connectivity index (χ3v) is 4.96. The quantitative estimate of drug-likeness (QED) is 0.755. The molecule has 0 aliphatic heterocycles. The number of amides is 1. The van der Waals surface area contributed by atoms with Crippen LogP contribution in [0.3, 0.4) is 0 Å². The average molecular weight is 332 g/mol. The standard InChI is InChI=1S/C16H20N4O2S/c1-2-17-16-18-8-11(9-19-16)15(22)20-14(10-6-12(21)7-10)13-4-3-5-23-13/h3-5,8-10,12,14,21H,2,6-7H2,1H3,(H,20,22)(H,17,18,19). The molecule has 1 aliphatic rings. The maximum atomic E-state index is 12.5. The number of aliphatic hydroxyl groups is 1. The Bertz CT molecular complexity index is 639. The second-order valence-electron chi connectivity index (χ2n) is 5.68. The van der Waals surface area contributed by atoms with E-state index in [2.05, 4.69) is 20.6 Å². The summed E-state index contributed by atoms with van der Waals surface area (Å²) in [6.45, 7) is 2.69. The summed E-state index contributed by atoms with van der Waals surface area (Å²) in [6.07, 6.45) is 4.25. The third-order valence-electron chi connectivity index (χ3n) is 4.01. The maximum Gasteiger partial charge on any atom is 0.254 e. The van der Waals surface area contributed by atoms with Crippen molar-refractivity contribution in [2.75, 3.05) is 11.9 Å². The van der Waals surface area contributed by atoms with Crippen molar-refractivity contribution >= 4 is 23.2 Å². The van der Waals surface area contributed by atoms with Gasteiger partial charge in [0.05, 0.1) is 17.7 Å². The third kappa shape index (κ3) is 3.68. The number of nitrogens with zero attached hydrogens (tertiary/aromatic N) is 2. The van der Waals surface area contributed by atoms with Crippen LogP contribution in [0.2, 0.25) is 0 Å². The van der Waals surface area contributed by atoms with E-state index in [1.165, 1.54) is 12.4 Å². The zero-order chi connectivity index (χ0) is 16.2. The Morgan fingerprint density at radius 1 is 1.43 bits per heavy atom. The molecule has 1 saturated carbocycles. The summed E-state index contributed by atoms with van der Waals surface area (Å²) >= 11 is 1.62. The van der Waals surface area contributed by atoms with Gasteiger partial charge < -0.3 is 15.7 Å². The molecule has 1 fully saturated rings. The van der Waals surface area contributed by atoms with Crippen LogP contribution in [0, 0.1) is 5.92 Å². The second kappa shape index (κ2) is 7.06. The molecule has 23 heavy (non-hydrogen) atoms. The lowest BCUT2D eigenvalue weighted by atomic mass is 9.76. The molecule has 3 rings (SSSR count). The van der Waals surface area contributed by atoms with Gasteiger partial charge in [0, 0.05) is 23.8 Å². The highest BCUT2D eigenvalue weighted by Crippen LogP contribution is 2.39. The molecule has 7 heteroatoms. The Morgan fingerprint density at radius 2 is 2.17 bits per heavy atom. The Kier molecular flexibility index (Phi) is 4.88. The number of hydrogen-bond acceptors (Lipinski definition) is 6. The molecular formula is C16H20N4O2S. The first-order valence-electron chi connectivity index (χ1n) is 7.75. The van der Waals surface area contributed by atoms with Gasteiger partial charge in [0.1, 0.15) is 0 Å². The molecule has 3 N–H and O–H groups in total. The van der Waals surface area contributed by atoms with E-state index >= 15 is 0 Å². The minimum atomic E-state index is -0.248. The van der Waals surface area contributed by atoms with Gasteiger partial charge in [-0.25, -0.2) is 9.97 Å². The van der Waals surface area contributed by atoms with E-state index in [1.807, 2.05) is 24.4 Å². The highest BCUT2D eigenvalue weighted by molar-refractivity contribution is 7.10. The molecule has 0 radical (unpaired) electrons. The van der Waals surface area contributed by atoms with Crippen molar-refractivity contribution in [1.29, 1.82) is 0 Å².